The van der Waals surface area contributed by atoms with Gasteiger partial charge in [0.2, 0.25) is 0 Å². The SMILES string of the molecule is CC1(C)CCCC(CC2CCC(N)(N)CC2)C1. The van der Waals surface area contributed by atoms with Gasteiger partial charge >= 0.3 is 0 Å². The minimum atomic E-state index is -0.359. The summed E-state index contributed by atoms with van der Waals surface area (Å²) in [5, 5.41) is 0. The van der Waals surface area contributed by atoms with Crippen molar-refractivity contribution < 1.29 is 0 Å². The molecule has 100 valence electrons. The zero-order valence-electron chi connectivity index (χ0n) is 11.7. The molecule has 0 saturated heterocycles. The number of hydrogen-bond donors (Lipinski definition) is 2. The van der Waals surface area contributed by atoms with Gasteiger partial charge in [0.05, 0.1) is 5.66 Å². The van der Waals surface area contributed by atoms with E-state index in [1.54, 1.807) is 0 Å². The summed E-state index contributed by atoms with van der Waals surface area (Å²) < 4.78 is 0. The van der Waals surface area contributed by atoms with Gasteiger partial charge in [-0.25, -0.2) is 0 Å². The van der Waals surface area contributed by atoms with Crippen LogP contribution in [0.25, 0.3) is 0 Å². The first kappa shape index (κ1) is 13.4. The molecule has 1 atom stereocenters. The van der Waals surface area contributed by atoms with Crippen molar-refractivity contribution in [3.63, 3.8) is 0 Å². The van der Waals surface area contributed by atoms with Gasteiger partial charge < -0.3 is 11.5 Å². The highest BCUT2D eigenvalue weighted by Gasteiger charge is 2.32. The maximum atomic E-state index is 5.99. The van der Waals surface area contributed by atoms with Crippen molar-refractivity contribution in [3.05, 3.63) is 0 Å². The Morgan fingerprint density at radius 1 is 0.941 bits per heavy atom. The molecule has 2 heteroatoms. The summed E-state index contributed by atoms with van der Waals surface area (Å²) in [4.78, 5) is 0. The summed E-state index contributed by atoms with van der Waals surface area (Å²) in [6, 6.07) is 0. The average Bonchev–Trinajstić information content (AvgIpc) is 2.20. The van der Waals surface area contributed by atoms with Crippen LogP contribution in [0.5, 0.6) is 0 Å². The lowest BCUT2D eigenvalue weighted by Gasteiger charge is -2.39. The molecule has 0 aliphatic heterocycles. The molecular weight excluding hydrogens is 208 g/mol. The topological polar surface area (TPSA) is 52.0 Å². The van der Waals surface area contributed by atoms with Crippen molar-refractivity contribution >= 4 is 0 Å². The van der Waals surface area contributed by atoms with Crippen LogP contribution in [0.3, 0.4) is 0 Å². The van der Waals surface area contributed by atoms with Crippen LogP contribution in [0.4, 0.5) is 0 Å². The Morgan fingerprint density at radius 3 is 2.18 bits per heavy atom. The Balaban J connectivity index is 1.78. The van der Waals surface area contributed by atoms with Gasteiger partial charge in [0.15, 0.2) is 0 Å². The van der Waals surface area contributed by atoms with E-state index in [4.69, 9.17) is 11.5 Å². The molecule has 0 amide bonds. The quantitative estimate of drug-likeness (QED) is 0.724. The van der Waals surface area contributed by atoms with Gasteiger partial charge in [0.1, 0.15) is 0 Å². The molecule has 0 aromatic carbocycles. The van der Waals surface area contributed by atoms with Crippen LogP contribution in [0.1, 0.15) is 71.6 Å². The van der Waals surface area contributed by atoms with E-state index in [1.165, 1.54) is 44.9 Å². The summed E-state index contributed by atoms with van der Waals surface area (Å²) >= 11 is 0. The zero-order valence-corrected chi connectivity index (χ0v) is 11.7. The van der Waals surface area contributed by atoms with Crippen molar-refractivity contribution in [3.8, 4) is 0 Å². The van der Waals surface area contributed by atoms with Gasteiger partial charge in [-0.05, 0) is 62.2 Å². The zero-order chi connectivity index (χ0) is 12.5. The van der Waals surface area contributed by atoms with Crippen LogP contribution in [-0.4, -0.2) is 5.66 Å². The number of hydrogen-bond acceptors (Lipinski definition) is 2. The molecule has 0 spiro atoms. The molecule has 0 aromatic heterocycles. The van der Waals surface area contributed by atoms with Crippen LogP contribution in [-0.2, 0) is 0 Å². The second kappa shape index (κ2) is 4.89. The lowest BCUT2D eigenvalue weighted by atomic mass is 9.68. The Hall–Kier alpha value is -0.0800. The number of nitrogens with two attached hydrogens (primary N) is 2. The number of rotatable bonds is 2. The fourth-order valence-corrected chi connectivity index (χ4v) is 3.98. The highest BCUT2D eigenvalue weighted by molar-refractivity contribution is 4.87. The Labute approximate surface area is 107 Å². The molecule has 0 heterocycles. The van der Waals surface area contributed by atoms with Gasteiger partial charge in [0.25, 0.3) is 0 Å². The molecule has 2 saturated carbocycles. The molecule has 2 rings (SSSR count). The van der Waals surface area contributed by atoms with E-state index < -0.39 is 0 Å². The molecule has 1 unspecified atom stereocenters. The summed E-state index contributed by atoms with van der Waals surface area (Å²) in [5.41, 5.74) is 12.2. The summed E-state index contributed by atoms with van der Waals surface area (Å²) in [5.74, 6) is 1.86. The average molecular weight is 238 g/mol. The van der Waals surface area contributed by atoms with E-state index in [-0.39, 0.29) is 5.66 Å². The fourth-order valence-electron chi connectivity index (χ4n) is 3.98. The third kappa shape index (κ3) is 3.96. The van der Waals surface area contributed by atoms with Gasteiger partial charge in [0, 0.05) is 0 Å². The predicted octanol–water partition coefficient (Wildman–Crippen LogP) is 3.40. The Bertz CT molecular complexity index is 248. The first-order valence-corrected chi connectivity index (χ1v) is 7.44. The summed E-state index contributed by atoms with van der Waals surface area (Å²) in [6.45, 7) is 4.87. The van der Waals surface area contributed by atoms with E-state index >= 15 is 0 Å². The fraction of sp³-hybridized carbons (Fsp3) is 1.00. The highest BCUT2D eigenvalue weighted by atomic mass is 15.0. The van der Waals surface area contributed by atoms with Crippen molar-refractivity contribution in [2.75, 3.05) is 0 Å². The lowest BCUT2D eigenvalue weighted by Crippen LogP contribution is -2.51. The Morgan fingerprint density at radius 2 is 1.59 bits per heavy atom. The minimum absolute atomic E-state index is 0.359. The molecule has 2 aliphatic rings. The highest BCUT2D eigenvalue weighted by Crippen LogP contribution is 2.43. The molecule has 2 aliphatic carbocycles. The second-order valence-electron chi connectivity index (χ2n) is 7.54. The van der Waals surface area contributed by atoms with Crippen LogP contribution >= 0.6 is 0 Å². The predicted molar refractivity (Wildman–Crippen MR) is 73.4 cm³/mol. The minimum Gasteiger partial charge on any atom is -0.313 e. The third-order valence-electron chi connectivity index (χ3n) is 5.01. The van der Waals surface area contributed by atoms with E-state index in [2.05, 4.69) is 13.8 Å². The molecule has 2 fully saturated rings. The largest absolute Gasteiger partial charge is 0.313 e. The van der Waals surface area contributed by atoms with Crippen molar-refractivity contribution in [1.82, 2.24) is 0 Å². The molecule has 0 bridgehead atoms. The summed E-state index contributed by atoms with van der Waals surface area (Å²) in [7, 11) is 0. The Kier molecular flexibility index (Phi) is 3.84. The lowest BCUT2D eigenvalue weighted by molar-refractivity contribution is 0.136. The maximum Gasteiger partial charge on any atom is 0.0636 e. The van der Waals surface area contributed by atoms with E-state index in [0.29, 0.717) is 5.41 Å². The molecule has 4 N–H and O–H groups in total. The van der Waals surface area contributed by atoms with Gasteiger partial charge in [-0.1, -0.05) is 26.7 Å². The van der Waals surface area contributed by atoms with Crippen LogP contribution < -0.4 is 11.5 Å². The normalized spacial score (nSPS) is 33.5. The first-order chi connectivity index (χ1) is 7.86. The van der Waals surface area contributed by atoms with Crippen molar-refractivity contribution in [2.24, 2.45) is 28.7 Å². The maximum absolute atomic E-state index is 5.99. The molecule has 0 radical (unpaired) electrons. The van der Waals surface area contributed by atoms with Crippen molar-refractivity contribution in [2.45, 2.75) is 77.3 Å². The molecule has 2 nitrogen and oxygen atoms in total. The van der Waals surface area contributed by atoms with Gasteiger partial charge in [-0.2, -0.15) is 0 Å². The van der Waals surface area contributed by atoms with Gasteiger partial charge in [-0.3, -0.25) is 0 Å². The third-order valence-corrected chi connectivity index (χ3v) is 5.01. The van der Waals surface area contributed by atoms with Crippen LogP contribution in [0.15, 0.2) is 0 Å². The van der Waals surface area contributed by atoms with Gasteiger partial charge in [-0.15, -0.1) is 0 Å². The van der Waals surface area contributed by atoms with Crippen LogP contribution in [0.2, 0.25) is 0 Å². The van der Waals surface area contributed by atoms with Crippen molar-refractivity contribution in [1.29, 1.82) is 0 Å². The van der Waals surface area contributed by atoms with Crippen LogP contribution in [0, 0.1) is 17.3 Å². The first-order valence-electron chi connectivity index (χ1n) is 7.44. The smallest absolute Gasteiger partial charge is 0.0636 e. The summed E-state index contributed by atoms with van der Waals surface area (Å²) in [6.07, 6.45) is 11.7. The molecular formula is C15H30N2. The second-order valence-corrected chi connectivity index (χ2v) is 7.54. The van der Waals surface area contributed by atoms with E-state index in [0.717, 1.165) is 24.7 Å². The van der Waals surface area contributed by atoms with E-state index in [9.17, 15) is 0 Å². The standard InChI is InChI=1S/C15H30N2/c1-14(2)7-3-4-13(11-14)10-12-5-8-15(16,17)9-6-12/h12-13H,3-11,16-17H2,1-2H3. The molecule has 17 heavy (non-hydrogen) atoms. The monoisotopic (exact) mass is 238 g/mol. The molecule has 0 aromatic rings. The van der Waals surface area contributed by atoms with E-state index in [1.807, 2.05) is 0 Å².